The zero-order chi connectivity index (χ0) is 21.7. The van der Waals surface area contributed by atoms with Crippen molar-refractivity contribution in [3.05, 3.63) is 59.5 Å². The third-order valence-corrected chi connectivity index (χ3v) is 4.65. The lowest BCUT2D eigenvalue weighted by molar-refractivity contribution is -0.154. The first-order valence-electron chi connectivity index (χ1n) is 9.11. The summed E-state index contributed by atoms with van der Waals surface area (Å²) in [4.78, 5) is 19.9. The van der Waals surface area contributed by atoms with Gasteiger partial charge in [0, 0.05) is 32.4 Å². The molecule has 1 atom stereocenters. The molecular weight excluding hydrogens is 404 g/mol. The maximum atomic E-state index is 13.1. The second kappa shape index (κ2) is 9.09. The first-order chi connectivity index (χ1) is 14.3. The molecule has 6 nitrogen and oxygen atoms in total. The number of nitrogens with zero attached hydrogens (tertiary/aromatic N) is 4. The van der Waals surface area contributed by atoms with E-state index in [0.29, 0.717) is 18.7 Å². The fourth-order valence-electron chi connectivity index (χ4n) is 3.18. The SMILES string of the molecule is N#CC(c1ccc(F)cc1)N1CCN(C(=O)c2cccnc2OCC(F)(F)F)CC1. The molecule has 1 fully saturated rings. The van der Waals surface area contributed by atoms with Crippen molar-refractivity contribution in [3.63, 3.8) is 0 Å². The van der Waals surface area contributed by atoms with E-state index < -0.39 is 30.5 Å². The number of pyridine rings is 1. The van der Waals surface area contributed by atoms with E-state index in [1.54, 1.807) is 12.1 Å². The zero-order valence-electron chi connectivity index (χ0n) is 15.8. The monoisotopic (exact) mass is 422 g/mol. The van der Waals surface area contributed by atoms with Gasteiger partial charge in [0.15, 0.2) is 6.61 Å². The predicted molar refractivity (Wildman–Crippen MR) is 98.0 cm³/mol. The van der Waals surface area contributed by atoms with E-state index in [-0.39, 0.29) is 24.5 Å². The van der Waals surface area contributed by atoms with Gasteiger partial charge in [-0.05, 0) is 29.8 Å². The molecule has 10 heteroatoms. The van der Waals surface area contributed by atoms with Crippen LogP contribution in [0.15, 0.2) is 42.6 Å². The molecule has 0 aliphatic carbocycles. The molecule has 30 heavy (non-hydrogen) atoms. The Morgan fingerprint density at radius 3 is 2.43 bits per heavy atom. The van der Waals surface area contributed by atoms with Gasteiger partial charge in [-0.15, -0.1) is 0 Å². The van der Waals surface area contributed by atoms with Gasteiger partial charge in [-0.1, -0.05) is 12.1 Å². The first kappa shape index (κ1) is 21.5. The van der Waals surface area contributed by atoms with Gasteiger partial charge in [0.2, 0.25) is 5.88 Å². The predicted octanol–water partition coefficient (Wildman–Crippen LogP) is 3.18. The Bertz CT molecular complexity index is 920. The highest BCUT2D eigenvalue weighted by Crippen LogP contribution is 2.24. The van der Waals surface area contributed by atoms with Crippen LogP contribution < -0.4 is 4.74 Å². The van der Waals surface area contributed by atoms with E-state index in [1.165, 1.54) is 35.4 Å². The molecule has 1 aliphatic rings. The Morgan fingerprint density at radius 2 is 1.83 bits per heavy atom. The van der Waals surface area contributed by atoms with Crippen LogP contribution >= 0.6 is 0 Å². The van der Waals surface area contributed by atoms with Gasteiger partial charge < -0.3 is 9.64 Å². The van der Waals surface area contributed by atoms with E-state index in [0.717, 1.165) is 0 Å². The van der Waals surface area contributed by atoms with Crippen LogP contribution in [0.2, 0.25) is 0 Å². The Balaban J connectivity index is 1.66. The first-order valence-corrected chi connectivity index (χ1v) is 9.11. The van der Waals surface area contributed by atoms with Gasteiger partial charge >= 0.3 is 6.18 Å². The number of carbonyl (C=O) groups excluding carboxylic acids is 1. The summed E-state index contributed by atoms with van der Waals surface area (Å²) in [7, 11) is 0. The van der Waals surface area contributed by atoms with Gasteiger partial charge in [-0.2, -0.15) is 18.4 Å². The van der Waals surface area contributed by atoms with Crippen molar-refractivity contribution >= 4 is 5.91 Å². The van der Waals surface area contributed by atoms with Crippen LogP contribution in [-0.2, 0) is 0 Å². The van der Waals surface area contributed by atoms with Crippen LogP contribution in [0.1, 0.15) is 22.0 Å². The molecular formula is C20H18F4N4O2. The van der Waals surface area contributed by atoms with Crippen molar-refractivity contribution < 1.29 is 27.1 Å². The van der Waals surface area contributed by atoms with Crippen LogP contribution in [0.3, 0.4) is 0 Å². The summed E-state index contributed by atoms with van der Waals surface area (Å²) < 4.78 is 55.1. The number of nitriles is 1. The number of benzene rings is 1. The minimum absolute atomic E-state index is 0.0504. The van der Waals surface area contributed by atoms with E-state index in [4.69, 9.17) is 4.74 Å². The topological polar surface area (TPSA) is 69.5 Å². The number of aromatic nitrogens is 1. The number of piperazine rings is 1. The number of hydrogen-bond donors (Lipinski definition) is 0. The van der Waals surface area contributed by atoms with Crippen molar-refractivity contribution in [3.8, 4) is 11.9 Å². The van der Waals surface area contributed by atoms with E-state index in [1.807, 2.05) is 4.90 Å². The lowest BCUT2D eigenvalue weighted by Crippen LogP contribution is -2.49. The summed E-state index contributed by atoms with van der Waals surface area (Å²) in [6.45, 7) is -0.252. The maximum absolute atomic E-state index is 13.1. The summed E-state index contributed by atoms with van der Waals surface area (Å²) in [6.07, 6.45) is -3.29. The number of carbonyl (C=O) groups is 1. The molecule has 1 aromatic carbocycles. The summed E-state index contributed by atoms with van der Waals surface area (Å²) in [6, 6.07) is 10.1. The van der Waals surface area contributed by atoms with Crippen molar-refractivity contribution in [2.24, 2.45) is 0 Å². The summed E-state index contributed by atoms with van der Waals surface area (Å²) in [5, 5.41) is 9.53. The quantitative estimate of drug-likeness (QED) is 0.693. The molecule has 1 aliphatic heterocycles. The smallest absolute Gasteiger partial charge is 0.422 e. The molecule has 0 bridgehead atoms. The molecule has 2 aromatic rings. The lowest BCUT2D eigenvalue weighted by atomic mass is 10.1. The summed E-state index contributed by atoms with van der Waals surface area (Å²) in [5.74, 6) is -1.26. The molecule has 1 aromatic heterocycles. The molecule has 1 amide bonds. The van der Waals surface area contributed by atoms with Crippen molar-refractivity contribution in [2.45, 2.75) is 12.2 Å². The zero-order valence-corrected chi connectivity index (χ0v) is 15.8. The minimum Gasteiger partial charge on any atom is -0.467 e. The fraction of sp³-hybridized carbons (Fsp3) is 0.350. The molecule has 1 unspecified atom stereocenters. The highest BCUT2D eigenvalue weighted by molar-refractivity contribution is 5.96. The Hall–Kier alpha value is -3.19. The average Bonchev–Trinajstić information content (AvgIpc) is 2.74. The lowest BCUT2D eigenvalue weighted by Gasteiger charge is -2.37. The Morgan fingerprint density at radius 1 is 1.17 bits per heavy atom. The minimum atomic E-state index is -4.55. The molecule has 0 saturated carbocycles. The van der Waals surface area contributed by atoms with E-state index >= 15 is 0 Å². The second-order valence-electron chi connectivity index (χ2n) is 6.67. The molecule has 158 valence electrons. The summed E-state index contributed by atoms with van der Waals surface area (Å²) >= 11 is 0. The van der Waals surface area contributed by atoms with Crippen molar-refractivity contribution in [2.75, 3.05) is 32.8 Å². The Labute approximate surface area is 170 Å². The van der Waals surface area contributed by atoms with Crippen LogP contribution in [0.25, 0.3) is 0 Å². The number of amides is 1. The standard InChI is InChI=1S/C20H18F4N4O2/c21-15-5-3-14(4-6-15)17(12-25)27-8-10-28(11-9-27)19(29)16-2-1-7-26-18(16)30-13-20(22,23)24/h1-7,17H,8-11,13H2. The third-order valence-electron chi connectivity index (χ3n) is 4.65. The molecule has 2 heterocycles. The molecule has 0 spiro atoms. The van der Waals surface area contributed by atoms with Gasteiger partial charge in [-0.25, -0.2) is 9.37 Å². The van der Waals surface area contributed by atoms with E-state index in [9.17, 15) is 27.6 Å². The number of halogens is 4. The second-order valence-corrected chi connectivity index (χ2v) is 6.67. The van der Waals surface area contributed by atoms with Crippen LogP contribution in [0.4, 0.5) is 17.6 Å². The molecule has 0 N–H and O–H groups in total. The Kier molecular flexibility index (Phi) is 6.52. The van der Waals surface area contributed by atoms with Crippen molar-refractivity contribution in [1.82, 2.24) is 14.8 Å². The summed E-state index contributed by atoms with van der Waals surface area (Å²) in [5.41, 5.74) is 0.597. The highest BCUT2D eigenvalue weighted by Gasteiger charge is 2.31. The van der Waals surface area contributed by atoms with Gasteiger partial charge in [0.05, 0.1) is 6.07 Å². The molecule has 0 radical (unpaired) electrons. The number of ether oxygens (including phenoxy) is 1. The highest BCUT2D eigenvalue weighted by atomic mass is 19.4. The van der Waals surface area contributed by atoms with E-state index in [2.05, 4.69) is 11.1 Å². The number of hydrogen-bond acceptors (Lipinski definition) is 5. The van der Waals surface area contributed by atoms with Crippen LogP contribution in [0.5, 0.6) is 5.88 Å². The average molecular weight is 422 g/mol. The van der Waals surface area contributed by atoms with Gasteiger partial charge in [-0.3, -0.25) is 9.69 Å². The third kappa shape index (κ3) is 5.24. The van der Waals surface area contributed by atoms with Gasteiger partial charge in [0.25, 0.3) is 5.91 Å². The van der Waals surface area contributed by atoms with Gasteiger partial charge in [0.1, 0.15) is 17.4 Å². The normalized spacial score (nSPS) is 16.0. The van der Waals surface area contributed by atoms with Crippen molar-refractivity contribution in [1.29, 1.82) is 5.26 Å². The van der Waals surface area contributed by atoms with Crippen LogP contribution in [-0.4, -0.2) is 59.7 Å². The van der Waals surface area contributed by atoms with Crippen LogP contribution in [0, 0.1) is 17.1 Å². The number of alkyl halides is 3. The number of rotatable bonds is 5. The molecule has 3 rings (SSSR count). The fourth-order valence-corrected chi connectivity index (χ4v) is 3.18. The maximum Gasteiger partial charge on any atom is 0.422 e. The molecule has 1 saturated heterocycles. The largest absolute Gasteiger partial charge is 0.467 e.